The number of aromatic nitrogens is 1. The number of unbranched alkanes of at least 4 members (excludes halogenated alkanes) is 2. The molecule has 0 fully saturated rings. The Kier molecular flexibility index (Phi) is 7.16. The molecule has 1 rings (SSSR count). The number of aliphatic imine (C=N–C) groups is 1. The molecule has 0 radical (unpaired) electrons. The van der Waals surface area contributed by atoms with E-state index >= 15 is 0 Å². The van der Waals surface area contributed by atoms with E-state index in [4.69, 9.17) is 0 Å². The van der Waals surface area contributed by atoms with E-state index in [0.717, 1.165) is 31.4 Å². The Morgan fingerprint density at radius 1 is 1.53 bits per heavy atom. The number of amidine groups is 1. The minimum Gasteiger partial charge on any atom is -0.368 e. The normalized spacial score (nSPS) is 11.3. The summed E-state index contributed by atoms with van der Waals surface area (Å²) in [4.78, 5) is 18.5. The summed E-state index contributed by atoms with van der Waals surface area (Å²) in [6.45, 7) is 3.01. The van der Waals surface area contributed by atoms with Crippen LogP contribution in [-0.4, -0.2) is 28.8 Å². The van der Waals surface area contributed by atoms with Gasteiger partial charge in [0.1, 0.15) is 0 Å². The van der Waals surface area contributed by atoms with E-state index in [9.17, 15) is 10.1 Å². The van der Waals surface area contributed by atoms with Gasteiger partial charge in [-0.25, -0.2) is 0 Å². The van der Waals surface area contributed by atoms with Crippen LogP contribution in [-0.2, 0) is 6.54 Å². The first-order valence-electron chi connectivity index (χ1n) is 6.50. The SMILES string of the molecule is CCCCCNC(C[N+](=O)[O-])=NCc1cccnc1. The van der Waals surface area contributed by atoms with Crippen molar-refractivity contribution in [1.29, 1.82) is 0 Å². The third kappa shape index (κ3) is 7.13. The lowest BCUT2D eigenvalue weighted by Gasteiger charge is -2.06. The first kappa shape index (κ1) is 15.1. The van der Waals surface area contributed by atoms with Gasteiger partial charge in [0.05, 0.1) is 6.54 Å². The maximum absolute atomic E-state index is 10.6. The highest BCUT2D eigenvalue weighted by Crippen LogP contribution is 1.98. The van der Waals surface area contributed by atoms with Crippen molar-refractivity contribution in [2.45, 2.75) is 32.7 Å². The van der Waals surface area contributed by atoms with Crippen molar-refractivity contribution in [2.24, 2.45) is 4.99 Å². The first-order valence-corrected chi connectivity index (χ1v) is 6.50. The number of nitrogens with one attached hydrogen (secondary N) is 1. The van der Waals surface area contributed by atoms with E-state index in [-0.39, 0.29) is 11.5 Å². The average Bonchev–Trinajstić information content (AvgIpc) is 2.41. The minimum atomic E-state index is -0.366. The quantitative estimate of drug-likeness (QED) is 0.256. The molecular weight excluding hydrogens is 244 g/mol. The van der Waals surface area contributed by atoms with Crippen molar-refractivity contribution < 1.29 is 4.92 Å². The molecule has 0 saturated carbocycles. The van der Waals surface area contributed by atoms with Crippen LogP contribution < -0.4 is 5.32 Å². The third-order valence-corrected chi connectivity index (χ3v) is 2.56. The lowest BCUT2D eigenvalue weighted by atomic mass is 10.2. The Balaban J connectivity index is 2.49. The molecule has 0 atom stereocenters. The molecule has 6 heteroatoms. The Morgan fingerprint density at radius 3 is 3.00 bits per heavy atom. The molecule has 6 nitrogen and oxygen atoms in total. The summed E-state index contributed by atoms with van der Waals surface area (Å²) in [6, 6.07) is 3.73. The Morgan fingerprint density at radius 2 is 2.37 bits per heavy atom. The zero-order chi connectivity index (χ0) is 13.9. The number of hydrogen-bond donors (Lipinski definition) is 1. The standard InChI is InChI=1S/C13H20N4O2/c1-2-3-4-8-15-13(11-17(18)19)16-10-12-6-5-7-14-9-12/h5-7,9H,2-4,8,10-11H2,1H3,(H,15,16). The van der Waals surface area contributed by atoms with Gasteiger partial charge in [-0.2, -0.15) is 0 Å². The molecule has 19 heavy (non-hydrogen) atoms. The minimum absolute atomic E-state index is 0.258. The summed E-state index contributed by atoms with van der Waals surface area (Å²) in [5, 5.41) is 13.6. The zero-order valence-corrected chi connectivity index (χ0v) is 11.2. The molecule has 0 aliphatic rings. The molecule has 0 aliphatic carbocycles. The maximum atomic E-state index is 10.6. The van der Waals surface area contributed by atoms with E-state index in [1.54, 1.807) is 12.4 Å². The molecule has 0 bridgehead atoms. The summed E-state index contributed by atoms with van der Waals surface area (Å²) in [5.41, 5.74) is 0.943. The summed E-state index contributed by atoms with van der Waals surface area (Å²) in [5.74, 6) is 0.435. The zero-order valence-electron chi connectivity index (χ0n) is 11.2. The van der Waals surface area contributed by atoms with Crippen LogP contribution >= 0.6 is 0 Å². The summed E-state index contributed by atoms with van der Waals surface area (Å²) < 4.78 is 0. The largest absolute Gasteiger partial charge is 0.368 e. The van der Waals surface area contributed by atoms with Crippen molar-refractivity contribution in [1.82, 2.24) is 10.3 Å². The number of pyridine rings is 1. The van der Waals surface area contributed by atoms with Crippen LogP contribution in [0, 0.1) is 10.1 Å². The van der Waals surface area contributed by atoms with E-state index in [1.807, 2.05) is 12.1 Å². The monoisotopic (exact) mass is 264 g/mol. The second kappa shape index (κ2) is 9.02. The number of nitrogens with zero attached hydrogens (tertiary/aromatic N) is 3. The van der Waals surface area contributed by atoms with Crippen LogP contribution in [0.1, 0.15) is 31.7 Å². The van der Waals surface area contributed by atoms with Gasteiger partial charge < -0.3 is 5.32 Å². The van der Waals surface area contributed by atoms with Gasteiger partial charge >= 0.3 is 0 Å². The van der Waals surface area contributed by atoms with Crippen molar-refractivity contribution in [3.05, 3.63) is 40.2 Å². The number of hydrogen-bond acceptors (Lipinski definition) is 4. The fourth-order valence-electron chi connectivity index (χ4n) is 1.57. The highest BCUT2D eigenvalue weighted by molar-refractivity contribution is 5.83. The smallest absolute Gasteiger partial charge is 0.259 e. The van der Waals surface area contributed by atoms with Crippen molar-refractivity contribution in [3.8, 4) is 0 Å². The molecule has 1 N–H and O–H groups in total. The molecule has 0 spiro atoms. The second-order valence-corrected chi connectivity index (χ2v) is 4.25. The molecule has 0 saturated heterocycles. The average molecular weight is 264 g/mol. The fraction of sp³-hybridized carbons (Fsp3) is 0.538. The molecule has 1 aromatic heterocycles. The van der Waals surface area contributed by atoms with Gasteiger partial charge in [0.25, 0.3) is 6.54 Å². The lowest BCUT2D eigenvalue weighted by molar-refractivity contribution is -0.463. The highest BCUT2D eigenvalue weighted by atomic mass is 16.6. The van der Waals surface area contributed by atoms with Gasteiger partial charge in [-0.1, -0.05) is 25.8 Å². The van der Waals surface area contributed by atoms with Crippen LogP contribution in [0.3, 0.4) is 0 Å². The molecule has 1 aromatic rings. The van der Waals surface area contributed by atoms with Gasteiger partial charge in [-0.05, 0) is 18.1 Å². The van der Waals surface area contributed by atoms with Crippen LogP contribution in [0.15, 0.2) is 29.5 Å². The van der Waals surface area contributed by atoms with E-state index in [2.05, 4.69) is 22.2 Å². The third-order valence-electron chi connectivity index (χ3n) is 2.56. The highest BCUT2D eigenvalue weighted by Gasteiger charge is 2.06. The summed E-state index contributed by atoms with van der Waals surface area (Å²) >= 11 is 0. The van der Waals surface area contributed by atoms with E-state index < -0.39 is 0 Å². The lowest BCUT2D eigenvalue weighted by Crippen LogP contribution is -2.31. The van der Waals surface area contributed by atoms with Crippen molar-refractivity contribution in [2.75, 3.05) is 13.1 Å². The van der Waals surface area contributed by atoms with Crippen LogP contribution in [0.25, 0.3) is 0 Å². The first-order chi connectivity index (χ1) is 9.22. The molecule has 0 unspecified atom stereocenters. The molecular formula is C13H20N4O2. The van der Waals surface area contributed by atoms with Crippen molar-refractivity contribution >= 4 is 5.84 Å². The van der Waals surface area contributed by atoms with Crippen molar-refractivity contribution in [3.63, 3.8) is 0 Å². The number of rotatable bonds is 8. The molecule has 0 aliphatic heterocycles. The predicted octanol–water partition coefficient (Wildman–Crippen LogP) is 2.04. The Hall–Kier alpha value is -1.98. The topological polar surface area (TPSA) is 80.4 Å². The second-order valence-electron chi connectivity index (χ2n) is 4.25. The van der Waals surface area contributed by atoms with Gasteiger partial charge in [-0.15, -0.1) is 0 Å². The predicted molar refractivity (Wildman–Crippen MR) is 74.8 cm³/mol. The van der Waals surface area contributed by atoms with Gasteiger partial charge in [0, 0.05) is 23.9 Å². The Bertz CT molecular complexity index is 406. The number of nitro groups is 1. The van der Waals surface area contributed by atoms with Crippen LogP contribution in [0.5, 0.6) is 0 Å². The van der Waals surface area contributed by atoms with Gasteiger partial charge in [-0.3, -0.25) is 20.1 Å². The molecule has 0 amide bonds. The fourth-order valence-corrected chi connectivity index (χ4v) is 1.57. The van der Waals surface area contributed by atoms with Crippen LogP contribution in [0.4, 0.5) is 0 Å². The molecule has 104 valence electrons. The molecule has 0 aromatic carbocycles. The molecule has 1 heterocycles. The Labute approximate surface area is 113 Å². The maximum Gasteiger partial charge on any atom is 0.259 e. The van der Waals surface area contributed by atoms with E-state index in [1.165, 1.54) is 0 Å². The van der Waals surface area contributed by atoms with Crippen LogP contribution in [0.2, 0.25) is 0 Å². The van der Waals surface area contributed by atoms with Gasteiger partial charge in [0.15, 0.2) is 5.84 Å². The summed E-state index contributed by atoms with van der Waals surface area (Å²) in [7, 11) is 0. The summed E-state index contributed by atoms with van der Waals surface area (Å²) in [6.07, 6.45) is 6.64. The van der Waals surface area contributed by atoms with E-state index in [0.29, 0.717) is 12.4 Å². The van der Waals surface area contributed by atoms with Gasteiger partial charge in [0.2, 0.25) is 0 Å².